The second-order valence-corrected chi connectivity index (χ2v) is 9.71. The van der Waals surface area contributed by atoms with Crippen molar-refractivity contribution in [3.8, 4) is 0 Å². The molecule has 1 N–H and O–H groups in total. The van der Waals surface area contributed by atoms with E-state index in [9.17, 15) is 17.6 Å². The van der Waals surface area contributed by atoms with Crippen molar-refractivity contribution < 1.29 is 22.1 Å². The third kappa shape index (κ3) is 4.12. The molecule has 2 heterocycles. The van der Waals surface area contributed by atoms with Crippen LogP contribution in [0.5, 0.6) is 0 Å². The Morgan fingerprint density at radius 1 is 1.17 bits per heavy atom. The Morgan fingerprint density at radius 2 is 1.80 bits per heavy atom. The van der Waals surface area contributed by atoms with Gasteiger partial charge in [0.25, 0.3) is 0 Å². The van der Waals surface area contributed by atoms with Gasteiger partial charge in [-0.1, -0.05) is 17.3 Å². The molecule has 1 saturated heterocycles. The third-order valence-electron chi connectivity index (χ3n) is 5.56. The van der Waals surface area contributed by atoms with E-state index in [0.717, 1.165) is 12.8 Å². The quantitative estimate of drug-likeness (QED) is 0.741. The fourth-order valence-corrected chi connectivity index (χ4v) is 5.57. The van der Waals surface area contributed by atoms with E-state index in [1.165, 1.54) is 16.4 Å². The molecule has 0 radical (unpaired) electrons. The van der Waals surface area contributed by atoms with Crippen molar-refractivity contribution in [2.75, 3.05) is 26.2 Å². The van der Waals surface area contributed by atoms with E-state index in [1.807, 2.05) is 4.90 Å². The lowest BCUT2D eigenvalue weighted by molar-refractivity contribution is -0.127. The Kier molecular flexibility index (Phi) is 5.65. The smallest absolute Gasteiger partial charge is 0.248 e. The van der Waals surface area contributed by atoms with E-state index in [2.05, 4.69) is 10.5 Å². The second-order valence-electron chi connectivity index (χ2n) is 7.83. The first-order valence-electron chi connectivity index (χ1n) is 10.0. The van der Waals surface area contributed by atoms with Crippen molar-refractivity contribution in [3.05, 3.63) is 47.1 Å². The number of carbonyl (C=O) groups is 1. The molecule has 0 bridgehead atoms. The minimum absolute atomic E-state index is 0.109. The number of hydrogen-bond donors (Lipinski definition) is 1. The van der Waals surface area contributed by atoms with Gasteiger partial charge in [-0.25, -0.2) is 12.8 Å². The minimum Gasteiger partial charge on any atom is -0.360 e. The number of nitrogens with one attached hydrogen (secondary N) is 1. The summed E-state index contributed by atoms with van der Waals surface area (Å²) in [5.74, 6) is -0.232. The largest absolute Gasteiger partial charge is 0.360 e. The number of piperazine rings is 1. The van der Waals surface area contributed by atoms with Gasteiger partial charge in [-0.15, -0.1) is 0 Å². The summed E-state index contributed by atoms with van der Waals surface area (Å²) in [5.41, 5.74) is 1.03. The maximum Gasteiger partial charge on any atom is 0.248 e. The predicted molar refractivity (Wildman–Crippen MR) is 107 cm³/mol. The second kappa shape index (κ2) is 8.09. The van der Waals surface area contributed by atoms with Crippen molar-refractivity contribution in [1.29, 1.82) is 0 Å². The van der Waals surface area contributed by atoms with Crippen LogP contribution in [-0.4, -0.2) is 60.9 Å². The highest BCUT2D eigenvalue weighted by molar-refractivity contribution is 7.89. The molecule has 162 valence electrons. The Labute approximate surface area is 175 Å². The highest BCUT2D eigenvalue weighted by Gasteiger charge is 2.38. The van der Waals surface area contributed by atoms with Crippen LogP contribution in [0.25, 0.3) is 0 Å². The highest BCUT2D eigenvalue weighted by atomic mass is 32.2. The molecule has 10 heteroatoms. The number of hydrogen-bond acceptors (Lipinski definition) is 6. The van der Waals surface area contributed by atoms with E-state index in [4.69, 9.17) is 4.52 Å². The van der Waals surface area contributed by atoms with Gasteiger partial charge in [0.2, 0.25) is 15.9 Å². The van der Waals surface area contributed by atoms with Crippen LogP contribution in [0.3, 0.4) is 0 Å². The van der Waals surface area contributed by atoms with Crippen LogP contribution < -0.4 is 5.32 Å². The van der Waals surface area contributed by atoms with Gasteiger partial charge in [-0.3, -0.25) is 9.69 Å². The van der Waals surface area contributed by atoms with Crippen LogP contribution in [0.15, 0.2) is 33.7 Å². The molecule has 8 nitrogen and oxygen atoms in total. The maximum absolute atomic E-state index is 13.4. The number of halogens is 1. The monoisotopic (exact) mass is 436 g/mol. The Hall–Kier alpha value is -2.30. The average Bonchev–Trinajstić information content (AvgIpc) is 3.45. The number of benzene rings is 1. The topological polar surface area (TPSA) is 95.8 Å². The molecule has 2 aliphatic rings. The Balaban J connectivity index is 1.52. The van der Waals surface area contributed by atoms with Crippen LogP contribution in [0.4, 0.5) is 4.39 Å². The third-order valence-corrected chi connectivity index (χ3v) is 7.71. The highest BCUT2D eigenvalue weighted by Crippen LogP contribution is 2.29. The summed E-state index contributed by atoms with van der Waals surface area (Å²) in [7, 11) is -3.73. The number of carbonyl (C=O) groups excluding carboxylic acids is 1. The number of sulfonamides is 1. The molecule has 4 rings (SSSR count). The summed E-state index contributed by atoms with van der Waals surface area (Å²) < 4.78 is 45.9. The van der Waals surface area contributed by atoms with E-state index in [-0.39, 0.29) is 41.5 Å². The molecule has 30 heavy (non-hydrogen) atoms. The lowest BCUT2D eigenvalue weighted by Gasteiger charge is -2.38. The lowest BCUT2D eigenvalue weighted by Crippen LogP contribution is -2.52. The van der Waals surface area contributed by atoms with Gasteiger partial charge in [0.15, 0.2) is 5.76 Å². The van der Waals surface area contributed by atoms with Crippen LogP contribution in [0.1, 0.15) is 35.9 Å². The fourth-order valence-electron chi connectivity index (χ4n) is 3.85. The normalized spacial score (nSPS) is 19.6. The molecule has 1 aliphatic heterocycles. The number of aromatic nitrogens is 1. The van der Waals surface area contributed by atoms with Crippen molar-refractivity contribution in [2.24, 2.45) is 0 Å². The zero-order valence-electron chi connectivity index (χ0n) is 17.0. The lowest BCUT2D eigenvalue weighted by atomic mass is 10.0. The van der Waals surface area contributed by atoms with Crippen LogP contribution in [0, 0.1) is 19.7 Å². The van der Waals surface area contributed by atoms with Crippen LogP contribution in [0.2, 0.25) is 0 Å². The van der Waals surface area contributed by atoms with Gasteiger partial charge < -0.3 is 9.84 Å². The van der Waals surface area contributed by atoms with Crippen LogP contribution in [-0.2, 0) is 14.8 Å². The van der Waals surface area contributed by atoms with Crippen molar-refractivity contribution in [1.82, 2.24) is 19.7 Å². The molecule has 1 saturated carbocycles. The molecule has 1 amide bonds. The van der Waals surface area contributed by atoms with E-state index >= 15 is 0 Å². The molecule has 1 atom stereocenters. The molecule has 1 aliphatic carbocycles. The summed E-state index contributed by atoms with van der Waals surface area (Å²) in [6, 6.07) is 5.51. The standard InChI is InChI=1S/C20H25FN4O4S/c1-13-19(14(2)29-23-13)30(27,28)25-11-9-24(10-12-25)18(20(26)22-17-7-8-17)15-3-5-16(21)6-4-15/h3-6,17-18H,7-12H2,1-2H3,(H,22,26). The van der Waals surface area contributed by atoms with Gasteiger partial charge in [0, 0.05) is 32.2 Å². The maximum atomic E-state index is 13.4. The van der Waals surface area contributed by atoms with Gasteiger partial charge >= 0.3 is 0 Å². The van der Waals surface area contributed by atoms with Crippen LogP contribution >= 0.6 is 0 Å². The summed E-state index contributed by atoms with van der Waals surface area (Å²) in [6.07, 6.45) is 1.93. The van der Waals surface area contributed by atoms with Crippen molar-refractivity contribution >= 4 is 15.9 Å². The van der Waals surface area contributed by atoms with Gasteiger partial charge in [0.1, 0.15) is 22.4 Å². The summed E-state index contributed by atoms with van der Waals surface area (Å²) in [5, 5.41) is 6.77. The Bertz CT molecular complexity index is 1010. The molecule has 1 aromatic carbocycles. The summed E-state index contributed by atoms with van der Waals surface area (Å²) >= 11 is 0. The first-order valence-corrected chi connectivity index (χ1v) is 11.4. The average molecular weight is 437 g/mol. The van der Waals surface area contributed by atoms with Gasteiger partial charge in [-0.05, 0) is 44.4 Å². The zero-order valence-corrected chi connectivity index (χ0v) is 17.8. The molecule has 1 aromatic heterocycles. The molecule has 1 unspecified atom stereocenters. The van der Waals surface area contributed by atoms with E-state index in [0.29, 0.717) is 24.3 Å². The summed E-state index contributed by atoms with van der Waals surface area (Å²) in [4.78, 5) is 15.0. The van der Waals surface area contributed by atoms with E-state index in [1.54, 1.807) is 26.0 Å². The fraction of sp³-hybridized carbons (Fsp3) is 0.500. The predicted octanol–water partition coefficient (Wildman–Crippen LogP) is 1.76. The molecular formula is C20H25FN4O4S. The molecule has 2 fully saturated rings. The number of aryl methyl sites for hydroxylation is 2. The van der Waals surface area contributed by atoms with Gasteiger partial charge in [0.05, 0.1) is 0 Å². The SMILES string of the molecule is Cc1noc(C)c1S(=O)(=O)N1CCN(C(C(=O)NC2CC2)c2ccc(F)cc2)CC1. The van der Waals surface area contributed by atoms with E-state index < -0.39 is 16.1 Å². The first kappa shape index (κ1) is 21.0. The Morgan fingerprint density at radius 3 is 2.33 bits per heavy atom. The zero-order chi connectivity index (χ0) is 21.5. The molecule has 0 spiro atoms. The number of nitrogens with zero attached hydrogens (tertiary/aromatic N) is 3. The number of rotatable bonds is 6. The first-order chi connectivity index (χ1) is 14.3. The molecule has 2 aromatic rings. The van der Waals surface area contributed by atoms with Crippen molar-refractivity contribution in [2.45, 2.75) is 43.7 Å². The van der Waals surface area contributed by atoms with Gasteiger partial charge in [-0.2, -0.15) is 4.31 Å². The van der Waals surface area contributed by atoms with Crippen molar-refractivity contribution in [3.63, 3.8) is 0 Å². The minimum atomic E-state index is -3.73. The summed E-state index contributed by atoms with van der Waals surface area (Å²) in [6.45, 7) is 4.41. The molecular weight excluding hydrogens is 411 g/mol. The number of amides is 1.